The first-order chi connectivity index (χ1) is 9.88. The summed E-state index contributed by atoms with van der Waals surface area (Å²) in [5.74, 6) is 0.819. The van der Waals surface area contributed by atoms with E-state index in [1.54, 1.807) is 13.4 Å². The average Bonchev–Trinajstić information content (AvgIpc) is 3.11. The van der Waals surface area contributed by atoms with Crippen LogP contribution in [0.3, 0.4) is 0 Å². The third-order valence-corrected chi connectivity index (χ3v) is 3.61. The van der Waals surface area contributed by atoms with Gasteiger partial charge in [-0.1, -0.05) is 6.07 Å². The molecule has 0 radical (unpaired) electrons. The van der Waals surface area contributed by atoms with E-state index in [1.165, 1.54) is 24.0 Å². The van der Waals surface area contributed by atoms with Crippen LogP contribution in [0.5, 0.6) is 0 Å². The van der Waals surface area contributed by atoms with E-state index < -0.39 is 0 Å². The van der Waals surface area contributed by atoms with E-state index in [-0.39, 0.29) is 0 Å². The van der Waals surface area contributed by atoms with Crippen LogP contribution in [-0.4, -0.2) is 35.1 Å². The number of hydrogen-bond donors (Lipinski definition) is 0. The summed E-state index contributed by atoms with van der Waals surface area (Å²) in [6.07, 6.45) is 5.18. The van der Waals surface area contributed by atoms with E-state index in [0.717, 1.165) is 17.9 Å². The summed E-state index contributed by atoms with van der Waals surface area (Å²) in [5, 5.41) is 4.31. The summed E-state index contributed by atoms with van der Waals surface area (Å²) in [6.45, 7) is 1.60. The first-order valence-electron chi connectivity index (χ1n) is 6.96. The summed E-state index contributed by atoms with van der Waals surface area (Å²) in [6, 6.07) is 6.53. The first-order valence-corrected chi connectivity index (χ1v) is 6.96. The zero-order chi connectivity index (χ0) is 13.8. The minimum Gasteiger partial charge on any atom is -0.382 e. The van der Waals surface area contributed by atoms with E-state index in [0.29, 0.717) is 19.8 Å². The fraction of sp³-hybridized carbons (Fsp3) is 0.467. The predicted octanol–water partition coefficient (Wildman–Crippen LogP) is 1.92. The molecule has 106 valence electrons. The topological polar surface area (TPSA) is 49.2 Å². The standard InChI is InChI=1S/C15H19N3O2/c1-19-7-8-20-10-15-16-11-17-18(15)14-6-5-12-3-2-4-13(12)9-14/h5-6,9,11H,2-4,7-8,10H2,1H3. The summed E-state index contributed by atoms with van der Waals surface area (Å²) in [7, 11) is 1.66. The molecule has 0 fully saturated rings. The quantitative estimate of drug-likeness (QED) is 0.754. The molecule has 0 N–H and O–H groups in total. The highest BCUT2D eigenvalue weighted by atomic mass is 16.5. The van der Waals surface area contributed by atoms with Crippen LogP contribution in [0.1, 0.15) is 23.4 Å². The van der Waals surface area contributed by atoms with Crippen molar-refractivity contribution in [2.75, 3.05) is 20.3 Å². The van der Waals surface area contributed by atoms with Crippen LogP contribution in [0.2, 0.25) is 0 Å². The van der Waals surface area contributed by atoms with Gasteiger partial charge in [-0.3, -0.25) is 0 Å². The van der Waals surface area contributed by atoms with Crippen LogP contribution in [0.15, 0.2) is 24.5 Å². The summed E-state index contributed by atoms with van der Waals surface area (Å²) in [5.41, 5.74) is 3.96. The minimum atomic E-state index is 0.445. The second-order valence-corrected chi connectivity index (χ2v) is 4.94. The number of aryl methyl sites for hydroxylation is 2. The molecule has 0 spiro atoms. The van der Waals surface area contributed by atoms with Crippen LogP contribution < -0.4 is 0 Å². The Bertz CT molecular complexity index is 580. The summed E-state index contributed by atoms with van der Waals surface area (Å²) >= 11 is 0. The molecule has 1 heterocycles. The molecule has 20 heavy (non-hydrogen) atoms. The maximum Gasteiger partial charge on any atom is 0.158 e. The molecule has 5 heteroatoms. The summed E-state index contributed by atoms with van der Waals surface area (Å²) < 4.78 is 12.3. The molecule has 0 amide bonds. The molecule has 0 saturated carbocycles. The number of hydrogen-bond acceptors (Lipinski definition) is 4. The molecule has 0 saturated heterocycles. The van der Waals surface area contributed by atoms with Crippen LogP contribution >= 0.6 is 0 Å². The smallest absolute Gasteiger partial charge is 0.158 e. The third kappa shape index (κ3) is 2.73. The molecule has 1 aliphatic rings. The van der Waals surface area contributed by atoms with Crippen molar-refractivity contribution >= 4 is 0 Å². The lowest BCUT2D eigenvalue weighted by atomic mass is 10.1. The highest BCUT2D eigenvalue weighted by Gasteiger charge is 2.13. The van der Waals surface area contributed by atoms with E-state index in [9.17, 15) is 0 Å². The Morgan fingerprint density at radius 1 is 1.20 bits per heavy atom. The lowest BCUT2D eigenvalue weighted by Crippen LogP contribution is -2.08. The molecule has 0 unspecified atom stereocenters. The van der Waals surface area contributed by atoms with E-state index >= 15 is 0 Å². The molecule has 2 aromatic rings. The van der Waals surface area contributed by atoms with Crippen molar-refractivity contribution < 1.29 is 9.47 Å². The number of ether oxygens (including phenoxy) is 2. The number of aromatic nitrogens is 3. The minimum absolute atomic E-state index is 0.445. The second-order valence-electron chi connectivity index (χ2n) is 4.94. The van der Waals surface area contributed by atoms with Gasteiger partial charge in [0, 0.05) is 7.11 Å². The highest BCUT2D eigenvalue weighted by molar-refractivity contribution is 5.42. The molecule has 0 aliphatic heterocycles. The molecule has 5 nitrogen and oxygen atoms in total. The van der Waals surface area contributed by atoms with Crippen molar-refractivity contribution in [3.05, 3.63) is 41.5 Å². The Balaban J connectivity index is 1.75. The zero-order valence-corrected chi connectivity index (χ0v) is 11.7. The van der Waals surface area contributed by atoms with Crippen LogP contribution in [0, 0.1) is 0 Å². The van der Waals surface area contributed by atoms with E-state index in [2.05, 4.69) is 28.3 Å². The lowest BCUT2D eigenvalue weighted by molar-refractivity contribution is 0.0578. The Morgan fingerprint density at radius 3 is 3.00 bits per heavy atom. The predicted molar refractivity (Wildman–Crippen MR) is 74.9 cm³/mol. The van der Waals surface area contributed by atoms with Gasteiger partial charge in [-0.05, 0) is 42.5 Å². The summed E-state index contributed by atoms with van der Waals surface area (Å²) in [4.78, 5) is 4.27. The van der Waals surface area contributed by atoms with Crippen molar-refractivity contribution in [3.8, 4) is 5.69 Å². The van der Waals surface area contributed by atoms with Crippen LogP contribution in [-0.2, 0) is 28.9 Å². The van der Waals surface area contributed by atoms with Gasteiger partial charge in [0.2, 0.25) is 0 Å². The zero-order valence-electron chi connectivity index (χ0n) is 11.7. The van der Waals surface area contributed by atoms with Gasteiger partial charge >= 0.3 is 0 Å². The van der Waals surface area contributed by atoms with Gasteiger partial charge in [-0.15, -0.1) is 0 Å². The highest BCUT2D eigenvalue weighted by Crippen LogP contribution is 2.24. The number of methoxy groups -OCH3 is 1. The fourth-order valence-corrected chi connectivity index (χ4v) is 2.58. The van der Waals surface area contributed by atoms with Gasteiger partial charge in [0.05, 0.1) is 18.9 Å². The molecule has 0 atom stereocenters. The second kappa shape index (κ2) is 6.15. The Morgan fingerprint density at radius 2 is 2.10 bits per heavy atom. The Kier molecular flexibility index (Phi) is 4.08. The third-order valence-electron chi connectivity index (χ3n) is 3.61. The fourth-order valence-electron chi connectivity index (χ4n) is 2.58. The molecule has 1 aromatic heterocycles. The van der Waals surface area contributed by atoms with Gasteiger partial charge in [-0.2, -0.15) is 5.10 Å². The molecular weight excluding hydrogens is 254 g/mol. The van der Waals surface area contributed by atoms with Gasteiger partial charge in [0.25, 0.3) is 0 Å². The maximum absolute atomic E-state index is 5.52. The normalized spacial score (nSPS) is 13.7. The Hall–Kier alpha value is -1.72. The molecular formula is C15H19N3O2. The van der Waals surface area contributed by atoms with E-state index in [4.69, 9.17) is 9.47 Å². The number of nitrogens with zero attached hydrogens (tertiary/aromatic N) is 3. The van der Waals surface area contributed by atoms with Crippen molar-refractivity contribution in [2.45, 2.75) is 25.9 Å². The monoisotopic (exact) mass is 273 g/mol. The van der Waals surface area contributed by atoms with E-state index in [1.807, 2.05) is 4.68 Å². The lowest BCUT2D eigenvalue weighted by Gasteiger charge is -2.08. The van der Waals surface area contributed by atoms with Crippen molar-refractivity contribution in [1.82, 2.24) is 14.8 Å². The van der Waals surface area contributed by atoms with Crippen molar-refractivity contribution in [2.24, 2.45) is 0 Å². The molecule has 0 bridgehead atoms. The van der Waals surface area contributed by atoms with Gasteiger partial charge in [-0.25, -0.2) is 9.67 Å². The van der Waals surface area contributed by atoms with Gasteiger partial charge in [0.1, 0.15) is 12.9 Å². The van der Waals surface area contributed by atoms with Gasteiger partial charge < -0.3 is 9.47 Å². The average molecular weight is 273 g/mol. The largest absolute Gasteiger partial charge is 0.382 e. The van der Waals surface area contributed by atoms with Crippen LogP contribution in [0.25, 0.3) is 5.69 Å². The van der Waals surface area contributed by atoms with Crippen molar-refractivity contribution in [3.63, 3.8) is 0 Å². The number of fused-ring (bicyclic) bond motifs is 1. The van der Waals surface area contributed by atoms with Gasteiger partial charge in [0.15, 0.2) is 5.82 Å². The van der Waals surface area contributed by atoms with Crippen molar-refractivity contribution in [1.29, 1.82) is 0 Å². The number of benzene rings is 1. The number of rotatable bonds is 6. The Labute approximate surface area is 118 Å². The molecule has 1 aromatic carbocycles. The molecule has 3 rings (SSSR count). The molecule has 1 aliphatic carbocycles. The van der Waals surface area contributed by atoms with Crippen LogP contribution in [0.4, 0.5) is 0 Å². The maximum atomic E-state index is 5.52. The SMILES string of the molecule is COCCOCc1ncnn1-c1ccc2c(c1)CCC2. The first kappa shape index (κ1) is 13.3.